The van der Waals surface area contributed by atoms with Gasteiger partial charge in [0.2, 0.25) is 0 Å². The summed E-state index contributed by atoms with van der Waals surface area (Å²) in [5.41, 5.74) is -0.680. The van der Waals surface area contributed by atoms with E-state index in [1.807, 2.05) is 19.9 Å². The van der Waals surface area contributed by atoms with Gasteiger partial charge < -0.3 is 14.2 Å². The molecule has 2 rings (SSSR count). The first-order valence-electron chi connectivity index (χ1n) is 4.90. The Labute approximate surface area is 112 Å². The van der Waals surface area contributed by atoms with Gasteiger partial charge >= 0.3 is 0 Å². The van der Waals surface area contributed by atoms with Gasteiger partial charge in [-0.3, -0.25) is 0 Å². The molecule has 2 heterocycles. The number of hydrogen-bond acceptors (Lipinski definition) is 3. The first-order valence-corrected chi connectivity index (χ1v) is 6.48. The maximum atomic E-state index is 5.73. The van der Waals surface area contributed by atoms with Crippen molar-refractivity contribution in [2.75, 3.05) is 6.61 Å². The van der Waals surface area contributed by atoms with Crippen LogP contribution in [-0.2, 0) is 14.2 Å². The van der Waals surface area contributed by atoms with Crippen molar-refractivity contribution in [3.63, 3.8) is 0 Å². The smallest absolute Gasteiger partial charge is 0.187 e. The van der Waals surface area contributed by atoms with Gasteiger partial charge in [0.15, 0.2) is 11.4 Å². The number of ether oxygens (including phenoxy) is 3. The fourth-order valence-corrected chi connectivity index (χ4v) is 2.30. The van der Waals surface area contributed by atoms with E-state index in [0.29, 0.717) is 6.61 Å². The Kier molecular flexibility index (Phi) is 3.23. The molecule has 2 saturated heterocycles. The molecule has 88 valence electrons. The van der Waals surface area contributed by atoms with Crippen molar-refractivity contribution in [1.29, 1.82) is 0 Å². The van der Waals surface area contributed by atoms with Crippen LogP contribution in [-0.4, -0.2) is 30.2 Å². The van der Waals surface area contributed by atoms with E-state index in [1.165, 1.54) is 0 Å². The Hall–Kier alpha value is 0.140. The van der Waals surface area contributed by atoms with Gasteiger partial charge in [0.05, 0.1) is 10.00 Å². The summed E-state index contributed by atoms with van der Waals surface area (Å²) in [4.78, 5) is 0. The van der Waals surface area contributed by atoms with E-state index in [9.17, 15) is 0 Å². The molecule has 0 spiro atoms. The lowest BCUT2D eigenvalue weighted by Gasteiger charge is -2.18. The van der Waals surface area contributed by atoms with E-state index in [-0.39, 0.29) is 12.2 Å². The largest absolute Gasteiger partial charge is 0.348 e. The van der Waals surface area contributed by atoms with Gasteiger partial charge in [-0.2, -0.15) is 0 Å². The predicted octanol–water partition coefficient (Wildman–Crippen LogP) is 2.54. The minimum atomic E-state index is -0.680. The van der Waals surface area contributed by atoms with Crippen LogP contribution in [0.5, 0.6) is 0 Å². The number of terminal acetylenes is 1. The van der Waals surface area contributed by atoms with E-state index in [0.717, 1.165) is 3.39 Å². The average Bonchev–Trinajstić information content (AvgIpc) is 2.74. The van der Waals surface area contributed by atoms with Gasteiger partial charge in [0.1, 0.15) is 12.2 Å². The summed E-state index contributed by atoms with van der Waals surface area (Å²) >= 11 is 6.57. The Morgan fingerprint density at radius 3 is 2.56 bits per heavy atom. The van der Waals surface area contributed by atoms with Crippen LogP contribution in [0.15, 0.2) is 9.47 Å². The highest BCUT2D eigenvalue weighted by Gasteiger charge is 2.63. The molecule has 3 atom stereocenters. The lowest BCUT2D eigenvalue weighted by Crippen LogP contribution is -2.34. The molecule has 0 radical (unpaired) electrons. The van der Waals surface area contributed by atoms with Crippen molar-refractivity contribution < 1.29 is 14.2 Å². The van der Waals surface area contributed by atoms with Gasteiger partial charge in [-0.25, -0.2) is 0 Å². The lowest BCUT2D eigenvalue weighted by atomic mass is 10.00. The van der Waals surface area contributed by atoms with Crippen molar-refractivity contribution in [3.05, 3.63) is 9.47 Å². The maximum absolute atomic E-state index is 5.73. The van der Waals surface area contributed by atoms with Crippen LogP contribution in [0, 0.1) is 12.3 Å². The van der Waals surface area contributed by atoms with Crippen LogP contribution in [0.4, 0.5) is 0 Å². The summed E-state index contributed by atoms with van der Waals surface area (Å²) in [5, 5.41) is 0. The third-order valence-corrected chi connectivity index (χ3v) is 3.21. The number of rotatable bonds is 2. The molecule has 0 aromatic rings. The van der Waals surface area contributed by atoms with E-state index >= 15 is 0 Å². The van der Waals surface area contributed by atoms with Gasteiger partial charge in [0, 0.05) is 0 Å². The molecule has 0 bridgehead atoms. The molecule has 0 N–H and O–H groups in total. The molecule has 2 fully saturated rings. The van der Waals surface area contributed by atoms with Crippen LogP contribution in [0.25, 0.3) is 0 Å². The second-order valence-electron chi connectivity index (χ2n) is 4.25. The fourth-order valence-electron chi connectivity index (χ4n) is 1.81. The first kappa shape index (κ1) is 12.6. The van der Waals surface area contributed by atoms with Crippen LogP contribution in [0.3, 0.4) is 0 Å². The summed E-state index contributed by atoms with van der Waals surface area (Å²) in [6.07, 6.45) is 7.06. The van der Waals surface area contributed by atoms with E-state index in [4.69, 9.17) is 20.6 Å². The minimum Gasteiger partial charge on any atom is -0.348 e. The highest BCUT2D eigenvalue weighted by atomic mass is 79.9. The van der Waals surface area contributed by atoms with Gasteiger partial charge in [0.25, 0.3) is 0 Å². The summed E-state index contributed by atoms with van der Waals surface area (Å²) in [6, 6.07) is 0. The standard InChI is InChI=1S/C11H12Br2O3/c1-4-11(7(16-11)5-9(12)13)8-6-14-10(2,3)15-8/h1,5,7-8H,6H2,2-3H3/t7-,8-,11+/m1/s1. The topological polar surface area (TPSA) is 31.0 Å². The predicted molar refractivity (Wildman–Crippen MR) is 67.3 cm³/mol. The van der Waals surface area contributed by atoms with Crippen molar-refractivity contribution in [3.8, 4) is 12.3 Å². The molecule has 0 amide bonds. The average molecular weight is 352 g/mol. The summed E-state index contributed by atoms with van der Waals surface area (Å²) in [5.74, 6) is 2.09. The number of hydrogen-bond donors (Lipinski definition) is 0. The Balaban J connectivity index is 2.10. The molecule has 0 unspecified atom stereocenters. The highest BCUT2D eigenvalue weighted by Crippen LogP contribution is 2.46. The zero-order chi connectivity index (χ0) is 12.0. The van der Waals surface area contributed by atoms with Crippen LogP contribution in [0.1, 0.15) is 13.8 Å². The minimum absolute atomic E-state index is 0.131. The first-order chi connectivity index (χ1) is 7.39. The molecule has 0 aliphatic carbocycles. The Bertz CT molecular complexity index is 368. The molecular formula is C11H12Br2O3. The Morgan fingerprint density at radius 2 is 2.12 bits per heavy atom. The highest BCUT2D eigenvalue weighted by molar-refractivity contribution is 9.28. The normalized spacial score (nSPS) is 40.2. The molecule has 0 saturated carbocycles. The molecule has 3 nitrogen and oxygen atoms in total. The number of halogens is 2. The molecule has 16 heavy (non-hydrogen) atoms. The van der Waals surface area contributed by atoms with Crippen molar-refractivity contribution in [1.82, 2.24) is 0 Å². The third kappa shape index (κ3) is 2.22. The van der Waals surface area contributed by atoms with E-state index < -0.39 is 11.4 Å². The lowest BCUT2D eigenvalue weighted by molar-refractivity contribution is -0.143. The summed E-state index contributed by atoms with van der Waals surface area (Å²) in [7, 11) is 0. The summed E-state index contributed by atoms with van der Waals surface area (Å²) in [6.45, 7) is 4.19. The molecule has 0 aromatic heterocycles. The summed E-state index contributed by atoms with van der Waals surface area (Å²) < 4.78 is 17.6. The molecule has 0 aromatic carbocycles. The third-order valence-electron chi connectivity index (χ3n) is 2.68. The van der Waals surface area contributed by atoms with Gasteiger partial charge in [-0.1, -0.05) is 5.92 Å². The second kappa shape index (κ2) is 4.11. The van der Waals surface area contributed by atoms with Crippen molar-refractivity contribution in [2.24, 2.45) is 0 Å². The number of epoxide rings is 1. The van der Waals surface area contributed by atoms with E-state index in [2.05, 4.69) is 37.8 Å². The van der Waals surface area contributed by atoms with Crippen molar-refractivity contribution in [2.45, 2.75) is 37.4 Å². The monoisotopic (exact) mass is 350 g/mol. The SMILES string of the molecule is C#C[C@]1([C@H]2COC(C)(C)O2)O[C@@H]1C=C(Br)Br. The second-order valence-corrected chi connectivity index (χ2v) is 7.02. The Morgan fingerprint density at radius 1 is 1.44 bits per heavy atom. The molecule has 5 heteroatoms. The quantitative estimate of drug-likeness (QED) is 0.566. The fraction of sp³-hybridized carbons (Fsp3) is 0.636. The zero-order valence-electron chi connectivity index (χ0n) is 9.00. The molecular weight excluding hydrogens is 340 g/mol. The van der Waals surface area contributed by atoms with E-state index in [1.54, 1.807) is 0 Å². The van der Waals surface area contributed by atoms with Crippen LogP contribution >= 0.6 is 31.9 Å². The van der Waals surface area contributed by atoms with Crippen molar-refractivity contribution >= 4 is 31.9 Å². The van der Waals surface area contributed by atoms with Crippen LogP contribution < -0.4 is 0 Å². The molecule has 2 aliphatic heterocycles. The van der Waals surface area contributed by atoms with Crippen LogP contribution in [0.2, 0.25) is 0 Å². The molecule has 2 aliphatic rings. The maximum Gasteiger partial charge on any atom is 0.187 e. The van der Waals surface area contributed by atoms with Gasteiger partial charge in [-0.05, 0) is 51.8 Å². The van der Waals surface area contributed by atoms with Gasteiger partial charge in [-0.15, -0.1) is 6.42 Å². The zero-order valence-corrected chi connectivity index (χ0v) is 12.2.